The second-order valence-corrected chi connectivity index (χ2v) is 6.11. The molecule has 0 aliphatic carbocycles. The van der Waals surface area contributed by atoms with Crippen molar-refractivity contribution in [3.8, 4) is 0 Å². The predicted molar refractivity (Wildman–Crippen MR) is 97.3 cm³/mol. The molecule has 3 heteroatoms. The van der Waals surface area contributed by atoms with Gasteiger partial charge in [0.15, 0.2) is 0 Å². The van der Waals surface area contributed by atoms with E-state index in [1.807, 2.05) is 13.0 Å². The van der Waals surface area contributed by atoms with Crippen molar-refractivity contribution < 1.29 is 14.3 Å². The van der Waals surface area contributed by atoms with Crippen LogP contribution in [0.4, 0.5) is 0 Å². The normalized spacial score (nSPS) is 12.9. The Morgan fingerprint density at radius 1 is 1.09 bits per heavy atom. The van der Waals surface area contributed by atoms with Crippen molar-refractivity contribution in [2.24, 2.45) is 5.41 Å². The number of hydrogen-bond acceptors (Lipinski definition) is 3. The van der Waals surface area contributed by atoms with Gasteiger partial charge in [-0.3, -0.25) is 0 Å². The van der Waals surface area contributed by atoms with Gasteiger partial charge in [-0.05, 0) is 45.4 Å². The van der Waals surface area contributed by atoms with Gasteiger partial charge in [0.05, 0.1) is 19.8 Å². The van der Waals surface area contributed by atoms with Gasteiger partial charge in [0.25, 0.3) is 0 Å². The maximum atomic E-state index is 11.5. The molecule has 0 spiro atoms. The summed E-state index contributed by atoms with van der Waals surface area (Å²) in [6.45, 7) is 18.3. The minimum absolute atomic E-state index is 0.180. The molecule has 0 aromatic carbocycles. The van der Waals surface area contributed by atoms with Crippen molar-refractivity contribution in [2.75, 3.05) is 19.8 Å². The SMILES string of the molecule is C=CCCCC(CCCC(=C)C)(COCC=C)COC(=O)C=C. The van der Waals surface area contributed by atoms with Gasteiger partial charge in [-0.15, -0.1) is 19.7 Å². The van der Waals surface area contributed by atoms with Crippen LogP contribution in [-0.4, -0.2) is 25.8 Å². The number of allylic oxidation sites excluding steroid dienone is 2. The molecule has 1 unspecified atom stereocenters. The summed E-state index contributed by atoms with van der Waals surface area (Å²) in [5.74, 6) is -0.387. The highest BCUT2D eigenvalue weighted by Gasteiger charge is 2.31. The van der Waals surface area contributed by atoms with Gasteiger partial charge >= 0.3 is 5.97 Å². The molecule has 0 aliphatic rings. The van der Waals surface area contributed by atoms with Crippen molar-refractivity contribution >= 4 is 5.97 Å². The Bertz CT molecular complexity index is 382. The summed E-state index contributed by atoms with van der Waals surface area (Å²) in [5.41, 5.74) is 0.986. The van der Waals surface area contributed by atoms with Gasteiger partial charge in [0.1, 0.15) is 0 Å². The van der Waals surface area contributed by atoms with Gasteiger partial charge in [-0.2, -0.15) is 0 Å². The third-order valence-electron chi connectivity index (χ3n) is 3.76. The number of rotatable bonds is 15. The summed E-state index contributed by atoms with van der Waals surface area (Å²) in [7, 11) is 0. The Hall–Kier alpha value is -1.61. The number of unbranched alkanes of at least 4 members (excludes halogenated alkanes) is 1. The highest BCUT2D eigenvalue weighted by atomic mass is 16.5. The lowest BCUT2D eigenvalue weighted by atomic mass is 9.79. The van der Waals surface area contributed by atoms with Crippen molar-refractivity contribution in [3.63, 3.8) is 0 Å². The molecule has 1 atom stereocenters. The average Bonchev–Trinajstić information content (AvgIpc) is 2.52. The Morgan fingerprint density at radius 3 is 2.35 bits per heavy atom. The van der Waals surface area contributed by atoms with Crippen LogP contribution in [0.15, 0.2) is 50.1 Å². The lowest BCUT2D eigenvalue weighted by Gasteiger charge is -2.33. The molecule has 0 aliphatic heterocycles. The van der Waals surface area contributed by atoms with E-state index in [9.17, 15) is 4.79 Å². The van der Waals surface area contributed by atoms with E-state index in [-0.39, 0.29) is 11.4 Å². The standard InChI is InChI=1S/C20H32O3/c1-6-9-10-13-20(16-22-15-7-2,14-11-12-18(4)5)17-23-19(21)8-3/h6-8H,1-4,9-17H2,5H3. The van der Waals surface area contributed by atoms with Crippen molar-refractivity contribution in [3.05, 3.63) is 50.1 Å². The number of carbonyl (C=O) groups is 1. The van der Waals surface area contributed by atoms with Crippen molar-refractivity contribution in [1.29, 1.82) is 0 Å². The van der Waals surface area contributed by atoms with Crippen LogP contribution < -0.4 is 0 Å². The third kappa shape index (κ3) is 10.7. The lowest BCUT2D eigenvalue weighted by Crippen LogP contribution is -2.33. The minimum Gasteiger partial charge on any atom is -0.462 e. The fourth-order valence-electron chi connectivity index (χ4n) is 2.48. The molecule has 0 N–H and O–H groups in total. The Balaban J connectivity index is 4.91. The number of ether oxygens (including phenoxy) is 2. The molecular formula is C20H32O3. The zero-order chi connectivity index (χ0) is 17.6. The smallest absolute Gasteiger partial charge is 0.330 e. The first-order chi connectivity index (χ1) is 11.0. The van der Waals surface area contributed by atoms with Gasteiger partial charge in [0, 0.05) is 11.5 Å². The zero-order valence-corrected chi connectivity index (χ0v) is 14.6. The molecule has 3 nitrogen and oxygen atoms in total. The summed E-state index contributed by atoms with van der Waals surface area (Å²) in [6.07, 6.45) is 10.6. The summed E-state index contributed by atoms with van der Waals surface area (Å²) < 4.78 is 11.1. The third-order valence-corrected chi connectivity index (χ3v) is 3.76. The van der Waals surface area contributed by atoms with E-state index in [0.29, 0.717) is 19.8 Å². The maximum absolute atomic E-state index is 11.5. The zero-order valence-electron chi connectivity index (χ0n) is 14.6. The summed E-state index contributed by atoms with van der Waals surface area (Å²) in [6, 6.07) is 0. The van der Waals surface area contributed by atoms with Gasteiger partial charge < -0.3 is 9.47 Å². The maximum Gasteiger partial charge on any atom is 0.330 e. The molecule has 130 valence electrons. The van der Waals surface area contributed by atoms with Gasteiger partial charge in [-0.1, -0.05) is 24.3 Å². The van der Waals surface area contributed by atoms with E-state index in [1.54, 1.807) is 6.08 Å². The first-order valence-corrected chi connectivity index (χ1v) is 8.23. The van der Waals surface area contributed by atoms with E-state index in [1.165, 1.54) is 11.6 Å². The second-order valence-electron chi connectivity index (χ2n) is 6.11. The molecule has 0 fully saturated rings. The predicted octanol–water partition coefficient (Wildman–Crippen LogP) is 5.01. The quantitative estimate of drug-likeness (QED) is 0.184. The lowest BCUT2D eigenvalue weighted by molar-refractivity contribution is -0.143. The molecule has 0 saturated heterocycles. The first-order valence-electron chi connectivity index (χ1n) is 8.23. The molecule has 0 radical (unpaired) electrons. The molecular weight excluding hydrogens is 288 g/mol. The Kier molecular flexibility index (Phi) is 12.0. The minimum atomic E-state index is -0.387. The Morgan fingerprint density at radius 2 is 1.78 bits per heavy atom. The monoisotopic (exact) mass is 320 g/mol. The fraction of sp³-hybridized carbons (Fsp3) is 0.550. The topological polar surface area (TPSA) is 35.5 Å². The first kappa shape index (κ1) is 21.4. The van der Waals surface area contributed by atoms with Gasteiger partial charge in [0.2, 0.25) is 0 Å². The summed E-state index contributed by atoms with van der Waals surface area (Å²) in [5, 5.41) is 0. The van der Waals surface area contributed by atoms with Crippen LogP contribution in [0.3, 0.4) is 0 Å². The average molecular weight is 320 g/mol. The van der Waals surface area contributed by atoms with Gasteiger partial charge in [-0.25, -0.2) is 4.79 Å². The number of esters is 1. The molecule has 0 aromatic rings. The molecule has 0 rings (SSSR count). The van der Waals surface area contributed by atoms with Crippen LogP contribution in [0.2, 0.25) is 0 Å². The molecule has 0 heterocycles. The van der Waals surface area contributed by atoms with E-state index in [0.717, 1.165) is 38.5 Å². The van der Waals surface area contributed by atoms with Crippen molar-refractivity contribution in [1.82, 2.24) is 0 Å². The van der Waals surface area contributed by atoms with Crippen LogP contribution >= 0.6 is 0 Å². The molecule has 0 saturated carbocycles. The highest BCUT2D eigenvalue weighted by Crippen LogP contribution is 2.33. The fourth-order valence-corrected chi connectivity index (χ4v) is 2.48. The highest BCUT2D eigenvalue weighted by molar-refractivity contribution is 5.81. The van der Waals surface area contributed by atoms with Crippen molar-refractivity contribution in [2.45, 2.75) is 45.4 Å². The molecule has 0 aromatic heterocycles. The summed E-state index contributed by atoms with van der Waals surface area (Å²) in [4.78, 5) is 11.5. The van der Waals surface area contributed by atoms with E-state index in [4.69, 9.17) is 9.47 Å². The number of hydrogen-bond donors (Lipinski definition) is 0. The largest absolute Gasteiger partial charge is 0.462 e. The summed E-state index contributed by atoms with van der Waals surface area (Å²) >= 11 is 0. The Labute approximate surface area is 141 Å². The second kappa shape index (κ2) is 12.9. The van der Waals surface area contributed by atoms with Crippen LogP contribution in [0.5, 0.6) is 0 Å². The van der Waals surface area contributed by atoms with E-state index >= 15 is 0 Å². The molecule has 0 amide bonds. The molecule has 0 bridgehead atoms. The van der Waals surface area contributed by atoms with Crippen LogP contribution in [-0.2, 0) is 14.3 Å². The van der Waals surface area contributed by atoms with Crippen LogP contribution in [0, 0.1) is 5.41 Å². The van der Waals surface area contributed by atoms with E-state index in [2.05, 4.69) is 26.3 Å². The van der Waals surface area contributed by atoms with E-state index < -0.39 is 0 Å². The van der Waals surface area contributed by atoms with Crippen LogP contribution in [0.1, 0.15) is 45.4 Å². The number of carbonyl (C=O) groups excluding carboxylic acids is 1. The molecule has 23 heavy (non-hydrogen) atoms. The van der Waals surface area contributed by atoms with Crippen LogP contribution in [0.25, 0.3) is 0 Å².